The monoisotopic (exact) mass is 418 g/mol. The number of piperidine rings is 1. The number of Topliss-reactive ketones (excluding diaryl/α,β-unsaturated/α-hetero) is 1. The molecule has 4 rings (SSSR count). The van der Waals surface area contributed by atoms with Gasteiger partial charge in [0.1, 0.15) is 5.60 Å². The van der Waals surface area contributed by atoms with E-state index >= 15 is 0 Å². The van der Waals surface area contributed by atoms with Gasteiger partial charge >= 0.3 is 6.09 Å². The van der Waals surface area contributed by atoms with Gasteiger partial charge in [-0.2, -0.15) is 0 Å². The number of carbonyl (C=O) groups excluding carboxylic acids is 2. The fraction of sp³-hybridized carbons (Fsp3) is 0.652. The fourth-order valence-electron chi connectivity index (χ4n) is 4.36. The summed E-state index contributed by atoms with van der Waals surface area (Å²) in [6.45, 7) is 9.63. The van der Waals surface area contributed by atoms with Gasteiger partial charge in [0.2, 0.25) is 0 Å². The number of hydrogen-bond donors (Lipinski definition) is 0. The van der Waals surface area contributed by atoms with E-state index in [0.717, 1.165) is 36.1 Å². The molecular weight excluding hydrogens is 388 g/mol. The zero-order valence-corrected chi connectivity index (χ0v) is 18.4. The van der Waals surface area contributed by atoms with E-state index < -0.39 is 5.60 Å². The molecule has 1 aromatic carbocycles. The summed E-state index contributed by atoms with van der Waals surface area (Å²) in [5.74, 6) is 0.935. The lowest BCUT2D eigenvalue weighted by Gasteiger charge is -2.33. The Hall–Kier alpha value is -1.59. The van der Waals surface area contributed by atoms with E-state index in [9.17, 15) is 9.59 Å². The number of hydrogen-bond acceptors (Lipinski definition) is 4. The number of ketones is 1. The molecule has 6 heteroatoms. The van der Waals surface area contributed by atoms with Gasteiger partial charge in [-0.15, -0.1) is 0 Å². The van der Waals surface area contributed by atoms with Crippen LogP contribution in [0.3, 0.4) is 0 Å². The van der Waals surface area contributed by atoms with E-state index in [2.05, 4.69) is 11.0 Å². The van der Waals surface area contributed by atoms with E-state index in [1.165, 1.54) is 24.0 Å². The Morgan fingerprint density at radius 3 is 2.41 bits per heavy atom. The smallest absolute Gasteiger partial charge is 0.410 e. The highest BCUT2D eigenvalue weighted by Crippen LogP contribution is 2.36. The maximum Gasteiger partial charge on any atom is 0.410 e. The second-order valence-electron chi connectivity index (χ2n) is 9.81. The van der Waals surface area contributed by atoms with Crippen molar-refractivity contribution in [1.29, 1.82) is 0 Å². The Balaban J connectivity index is 1.37. The molecule has 1 saturated heterocycles. The largest absolute Gasteiger partial charge is 0.444 e. The van der Waals surface area contributed by atoms with Crippen molar-refractivity contribution in [1.82, 2.24) is 9.80 Å². The molecule has 29 heavy (non-hydrogen) atoms. The Bertz CT molecular complexity index is 805. The van der Waals surface area contributed by atoms with Gasteiger partial charge in [-0.1, -0.05) is 11.6 Å². The molecule has 5 nitrogen and oxygen atoms in total. The summed E-state index contributed by atoms with van der Waals surface area (Å²) < 4.78 is 5.45. The van der Waals surface area contributed by atoms with Crippen LogP contribution in [0.15, 0.2) is 12.1 Å². The highest BCUT2D eigenvalue weighted by Gasteiger charge is 2.32. The highest BCUT2D eigenvalue weighted by atomic mass is 35.5. The molecule has 158 valence electrons. The molecule has 0 bridgehead atoms. The summed E-state index contributed by atoms with van der Waals surface area (Å²) in [4.78, 5) is 29.5. The van der Waals surface area contributed by atoms with E-state index in [1.807, 2.05) is 26.8 Å². The van der Waals surface area contributed by atoms with Crippen LogP contribution in [-0.2, 0) is 17.8 Å². The molecule has 1 saturated carbocycles. The number of benzene rings is 1. The van der Waals surface area contributed by atoms with Crippen LogP contribution in [0.1, 0.15) is 67.9 Å². The average Bonchev–Trinajstić information content (AvgIpc) is 3.36. The van der Waals surface area contributed by atoms with Gasteiger partial charge in [-0.05, 0) is 75.6 Å². The first-order chi connectivity index (χ1) is 13.7. The number of ether oxygens (including phenoxy) is 1. The van der Waals surface area contributed by atoms with Gasteiger partial charge in [-0.25, -0.2) is 4.79 Å². The molecule has 1 aromatic rings. The first-order valence-corrected chi connectivity index (χ1v) is 11.1. The van der Waals surface area contributed by atoms with Crippen molar-refractivity contribution in [2.75, 3.05) is 19.6 Å². The number of carbonyl (C=O) groups is 2. The number of amides is 1. The zero-order chi connectivity index (χ0) is 20.8. The summed E-state index contributed by atoms with van der Waals surface area (Å²) in [7, 11) is 0. The van der Waals surface area contributed by atoms with Crippen LogP contribution in [0.25, 0.3) is 0 Å². The summed E-state index contributed by atoms with van der Waals surface area (Å²) >= 11 is 6.55. The topological polar surface area (TPSA) is 49.9 Å². The molecular formula is C23H31ClN2O3. The third kappa shape index (κ3) is 4.95. The Kier molecular flexibility index (Phi) is 5.64. The third-order valence-corrected chi connectivity index (χ3v) is 6.42. The summed E-state index contributed by atoms with van der Waals surface area (Å²) in [6, 6.07) is 3.90. The molecule has 3 aliphatic rings. The molecule has 0 N–H and O–H groups in total. The van der Waals surface area contributed by atoms with Crippen molar-refractivity contribution >= 4 is 23.5 Å². The highest BCUT2D eigenvalue weighted by molar-refractivity contribution is 6.32. The van der Waals surface area contributed by atoms with E-state index in [4.69, 9.17) is 16.3 Å². The van der Waals surface area contributed by atoms with Crippen LogP contribution in [0.5, 0.6) is 0 Å². The van der Waals surface area contributed by atoms with Gasteiger partial charge < -0.3 is 9.64 Å². The molecule has 0 aromatic heterocycles. The van der Waals surface area contributed by atoms with Crippen LogP contribution in [-0.4, -0.2) is 46.9 Å². The maximum absolute atomic E-state index is 13.1. The van der Waals surface area contributed by atoms with Gasteiger partial charge in [-0.3, -0.25) is 9.69 Å². The molecule has 2 heterocycles. The van der Waals surface area contributed by atoms with Crippen LogP contribution < -0.4 is 0 Å². The van der Waals surface area contributed by atoms with E-state index in [-0.39, 0.29) is 17.8 Å². The van der Waals surface area contributed by atoms with E-state index in [1.54, 1.807) is 4.90 Å². The molecule has 1 aliphatic carbocycles. The van der Waals surface area contributed by atoms with Crippen LogP contribution >= 0.6 is 11.6 Å². The Morgan fingerprint density at radius 1 is 1.10 bits per heavy atom. The molecule has 1 amide bonds. The predicted molar refractivity (Wildman–Crippen MR) is 113 cm³/mol. The molecule has 0 unspecified atom stereocenters. The zero-order valence-electron chi connectivity index (χ0n) is 17.7. The predicted octanol–water partition coefficient (Wildman–Crippen LogP) is 4.90. The normalized spacial score (nSPS) is 20.6. The first kappa shape index (κ1) is 20.7. The van der Waals surface area contributed by atoms with Gasteiger partial charge in [0.05, 0.1) is 0 Å². The van der Waals surface area contributed by atoms with Gasteiger partial charge in [0.25, 0.3) is 0 Å². The van der Waals surface area contributed by atoms with Crippen molar-refractivity contribution in [2.45, 2.75) is 65.1 Å². The average molecular weight is 419 g/mol. The van der Waals surface area contributed by atoms with Crippen molar-refractivity contribution in [2.24, 2.45) is 11.8 Å². The minimum Gasteiger partial charge on any atom is -0.444 e. The van der Waals surface area contributed by atoms with Crippen LogP contribution in [0.2, 0.25) is 5.02 Å². The standard InChI is InChI=1S/C23H31ClN2O3/c1-23(2,3)29-22(28)26-8-6-16(7-9-26)21(27)17-10-18-13-25(12-15-4-5-15)14-19(18)20(24)11-17/h10-11,15-16H,4-9,12-14H2,1-3H3. The second-order valence-corrected chi connectivity index (χ2v) is 10.2. The lowest BCUT2D eigenvalue weighted by atomic mass is 9.88. The number of fused-ring (bicyclic) bond motifs is 1. The maximum atomic E-state index is 13.1. The number of nitrogens with zero attached hydrogens (tertiary/aromatic N) is 2. The SMILES string of the molecule is CC(C)(C)OC(=O)N1CCC(C(=O)c2cc(Cl)c3c(c2)CN(CC2CC2)C3)CC1. The molecule has 0 atom stereocenters. The molecule has 0 radical (unpaired) electrons. The number of likely N-dealkylation sites (tertiary alicyclic amines) is 1. The molecule has 0 spiro atoms. The lowest BCUT2D eigenvalue weighted by molar-refractivity contribution is 0.0182. The Morgan fingerprint density at radius 2 is 1.79 bits per heavy atom. The van der Waals surface area contributed by atoms with Crippen LogP contribution in [0, 0.1) is 11.8 Å². The van der Waals surface area contributed by atoms with Crippen molar-refractivity contribution in [3.63, 3.8) is 0 Å². The van der Waals surface area contributed by atoms with Crippen molar-refractivity contribution < 1.29 is 14.3 Å². The van der Waals surface area contributed by atoms with Gasteiger partial charge in [0.15, 0.2) is 5.78 Å². The quantitative estimate of drug-likeness (QED) is 0.653. The van der Waals surface area contributed by atoms with Crippen molar-refractivity contribution in [3.8, 4) is 0 Å². The number of rotatable bonds is 4. The van der Waals surface area contributed by atoms with Crippen LogP contribution in [0.4, 0.5) is 4.79 Å². The molecule has 2 fully saturated rings. The fourth-order valence-corrected chi connectivity index (χ4v) is 4.65. The third-order valence-electron chi connectivity index (χ3n) is 6.08. The first-order valence-electron chi connectivity index (χ1n) is 10.8. The van der Waals surface area contributed by atoms with Gasteiger partial charge in [0, 0.05) is 49.2 Å². The van der Waals surface area contributed by atoms with E-state index in [0.29, 0.717) is 25.9 Å². The summed E-state index contributed by atoms with van der Waals surface area (Å²) in [5, 5.41) is 0.718. The second kappa shape index (κ2) is 7.92. The molecule has 2 aliphatic heterocycles. The minimum atomic E-state index is -0.502. The number of halogens is 1. The summed E-state index contributed by atoms with van der Waals surface area (Å²) in [5.41, 5.74) is 2.60. The summed E-state index contributed by atoms with van der Waals surface area (Å²) in [6.07, 6.45) is 3.72. The Labute approximate surface area is 178 Å². The minimum absolute atomic E-state index is 0.0632. The van der Waals surface area contributed by atoms with Crippen molar-refractivity contribution in [3.05, 3.63) is 33.8 Å². The lowest BCUT2D eigenvalue weighted by Crippen LogP contribution is -2.43.